The van der Waals surface area contributed by atoms with E-state index in [2.05, 4.69) is 4.72 Å². The van der Waals surface area contributed by atoms with Gasteiger partial charge in [-0.25, -0.2) is 13.1 Å². The molecule has 0 saturated carbocycles. The Morgan fingerprint density at radius 2 is 2.06 bits per heavy atom. The molecule has 0 aliphatic rings. The van der Waals surface area contributed by atoms with Gasteiger partial charge in [-0.1, -0.05) is 29.8 Å². The Bertz CT molecular complexity index is 448. The third-order valence-electron chi connectivity index (χ3n) is 2.21. The molecule has 0 aliphatic heterocycles. The predicted octanol–water partition coefficient (Wildman–Crippen LogP) is 1.28. The molecule has 1 rings (SSSR count). The van der Waals surface area contributed by atoms with Crippen molar-refractivity contribution in [1.82, 2.24) is 4.72 Å². The maximum Gasteiger partial charge on any atom is 0.211 e. The van der Waals surface area contributed by atoms with Crippen LogP contribution < -0.4 is 10.5 Å². The minimum atomic E-state index is -3.21. The highest BCUT2D eigenvalue weighted by Crippen LogP contribution is 2.20. The molecule has 6 heteroatoms. The van der Waals surface area contributed by atoms with Crippen molar-refractivity contribution in [2.45, 2.75) is 13.0 Å². The first-order chi connectivity index (χ1) is 7.46. The lowest BCUT2D eigenvalue weighted by Gasteiger charge is -2.14. The molecule has 90 valence electrons. The van der Waals surface area contributed by atoms with E-state index in [4.69, 9.17) is 17.3 Å². The number of rotatable bonds is 5. The molecule has 0 bridgehead atoms. The molecule has 0 aromatic heterocycles. The lowest BCUT2D eigenvalue weighted by molar-refractivity contribution is 0.573. The highest BCUT2D eigenvalue weighted by molar-refractivity contribution is 7.89. The van der Waals surface area contributed by atoms with Crippen LogP contribution in [0.1, 0.15) is 18.5 Å². The number of nitrogens with one attached hydrogen (secondary N) is 1. The van der Waals surface area contributed by atoms with Gasteiger partial charge >= 0.3 is 0 Å². The van der Waals surface area contributed by atoms with Gasteiger partial charge in [0, 0.05) is 17.6 Å². The second-order valence-corrected chi connectivity index (χ2v) is 5.88. The van der Waals surface area contributed by atoms with Crippen LogP contribution in [0.5, 0.6) is 0 Å². The highest BCUT2D eigenvalue weighted by Gasteiger charge is 2.13. The first-order valence-corrected chi connectivity index (χ1v) is 6.96. The number of nitrogens with two attached hydrogens (primary N) is 1. The number of benzene rings is 1. The summed E-state index contributed by atoms with van der Waals surface area (Å²) in [4.78, 5) is 0. The molecule has 1 atom stereocenters. The van der Waals surface area contributed by atoms with E-state index in [0.29, 0.717) is 5.02 Å². The van der Waals surface area contributed by atoms with Gasteiger partial charge in [0.05, 0.1) is 5.75 Å². The van der Waals surface area contributed by atoms with E-state index in [1.165, 1.54) is 0 Å². The third kappa shape index (κ3) is 3.75. The molecule has 0 radical (unpaired) electrons. The second-order valence-electron chi connectivity index (χ2n) is 3.38. The Kier molecular flexibility index (Phi) is 4.73. The van der Waals surface area contributed by atoms with Crippen molar-refractivity contribution in [1.29, 1.82) is 0 Å². The Balaban J connectivity index is 2.67. The molecule has 0 amide bonds. The topological polar surface area (TPSA) is 72.2 Å². The van der Waals surface area contributed by atoms with E-state index in [-0.39, 0.29) is 12.3 Å². The van der Waals surface area contributed by atoms with Crippen LogP contribution in [0, 0.1) is 0 Å². The Hall–Kier alpha value is -0.620. The summed E-state index contributed by atoms with van der Waals surface area (Å²) < 4.78 is 24.9. The summed E-state index contributed by atoms with van der Waals surface area (Å²) in [6, 6.07) is 6.69. The van der Waals surface area contributed by atoms with E-state index in [0.717, 1.165) is 5.56 Å². The van der Waals surface area contributed by atoms with Crippen LogP contribution in [-0.4, -0.2) is 20.7 Å². The quantitative estimate of drug-likeness (QED) is 0.840. The molecule has 4 nitrogen and oxygen atoms in total. The minimum absolute atomic E-state index is 0.0439. The van der Waals surface area contributed by atoms with Crippen LogP contribution in [0.3, 0.4) is 0 Å². The van der Waals surface area contributed by atoms with Crippen LogP contribution in [-0.2, 0) is 10.0 Å². The van der Waals surface area contributed by atoms with Gasteiger partial charge < -0.3 is 5.73 Å². The summed E-state index contributed by atoms with van der Waals surface area (Å²) in [6.07, 6.45) is 0. The maximum atomic E-state index is 11.2. The maximum absolute atomic E-state index is 11.2. The molecule has 0 aliphatic carbocycles. The standard InChI is InChI=1S/C10H15ClN2O2S/c1-2-16(14,15)13-7-10(12)8-5-3-4-6-9(8)11/h3-6,10,13H,2,7,12H2,1H3. The molecule has 0 heterocycles. The van der Waals surface area contributed by atoms with E-state index in [1.54, 1.807) is 25.1 Å². The fourth-order valence-corrected chi connectivity index (χ4v) is 2.12. The zero-order valence-electron chi connectivity index (χ0n) is 8.98. The largest absolute Gasteiger partial charge is 0.323 e. The summed E-state index contributed by atoms with van der Waals surface area (Å²) in [7, 11) is -3.21. The van der Waals surface area contributed by atoms with Gasteiger partial charge in [-0.15, -0.1) is 0 Å². The first kappa shape index (κ1) is 13.4. The minimum Gasteiger partial charge on any atom is -0.323 e. The van der Waals surface area contributed by atoms with Crippen molar-refractivity contribution in [3.8, 4) is 0 Å². The van der Waals surface area contributed by atoms with Crippen LogP contribution in [0.4, 0.5) is 0 Å². The zero-order chi connectivity index (χ0) is 12.2. The van der Waals surface area contributed by atoms with Gasteiger partial charge in [0.25, 0.3) is 0 Å². The molecule has 0 spiro atoms. The smallest absolute Gasteiger partial charge is 0.211 e. The Morgan fingerprint density at radius 1 is 1.44 bits per heavy atom. The number of hydrogen-bond acceptors (Lipinski definition) is 3. The van der Waals surface area contributed by atoms with Crippen molar-refractivity contribution in [2.75, 3.05) is 12.3 Å². The fraction of sp³-hybridized carbons (Fsp3) is 0.400. The molecule has 16 heavy (non-hydrogen) atoms. The van der Waals surface area contributed by atoms with Crippen LogP contribution in [0.15, 0.2) is 24.3 Å². The molecular weight excluding hydrogens is 248 g/mol. The van der Waals surface area contributed by atoms with E-state index >= 15 is 0 Å². The van der Waals surface area contributed by atoms with Crippen LogP contribution in [0.25, 0.3) is 0 Å². The lowest BCUT2D eigenvalue weighted by Crippen LogP contribution is -2.33. The van der Waals surface area contributed by atoms with Crippen molar-refractivity contribution in [3.05, 3.63) is 34.9 Å². The number of hydrogen-bond donors (Lipinski definition) is 2. The average Bonchev–Trinajstić information content (AvgIpc) is 2.27. The monoisotopic (exact) mass is 262 g/mol. The normalized spacial score (nSPS) is 13.7. The van der Waals surface area contributed by atoms with E-state index in [1.807, 2.05) is 6.07 Å². The summed E-state index contributed by atoms with van der Waals surface area (Å²) in [5.41, 5.74) is 6.59. The average molecular weight is 263 g/mol. The predicted molar refractivity (Wildman–Crippen MR) is 65.8 cm³/mol. The van der Waals surface area contributed by atoms with Gasteiger partial charge in [0.15, 0.2) is 0 Å². The summed E-state index contributed by atoms with van der Waals surface area (Å²) >= 11 is 5.95. The van der Waals surface area contributed by atoms with Crippen molar-refractivity contribution in [3.63, 3.8) is 0 Å². The van der Waals surface area contributed by atoms with E-state index in [9.17, 15) is 8.42 Å². The van der Waals surface area contributed by atoms with Crippen LogP contribution in [0.2, 0.25) is 5.02 Å². The van der Waals surface area contributed by atoms with Crippen molar-refractivity contribution in [2.24, 2.45) is 5.73 Å². The first-order valence-electron chi connectivity index (χ1n) is 4.93. The third-order valence-corrected chi connectivity index (χ3v) is 3.92. The molecule has 0 fully saturated rings. The van der Waals surface area contributed by atoms with Crippen LogP contribution >= 0.6 is 11.6 Å². The molecule has 0 saturated heterocycles. The molecule has 1 aromatic rings. The SMILES string of the molecule is CCS(=O)(=O)NCC(N)c1ccccc1Cl. The number of halogens is 1. The van der Waals surface area contributed by atoms with Crippen molar-refractivity contribution >= 4 is 21.6 Å². The Labute approximate surface area is 101 Å². The lowest BCUT2D eigenvalue weighted by atomic mass is 10.1. The summed E-state index contributed by atoms with van der Waals surface area (Å²) in [5, 5.41) is 0.547. The van der Waals surface area contributed by atoms with Gasteiger partial charge in [0.1, 0.15) is 0 Å². The van der Waals surface area contributed by atoms with Gasteiger partial charge in [-0.3, -0.25) is 0 Å². The summed E-state index contributed by atoms with van der Waals surface area (Å²) in [6.45, 7) is 1.73. The zero-order valence-corrected chi connectivity index (χ0v) is 10.6. The molecule has 3 N–H and O–H groups in total. The number of sulfonamides is 1. The summed E-state index contributed by atoms with van der Waals surface area (Å²) in [5.74, 6) is 0.0439. The van der Waals surface area contributed by atoms with Gasteiger partial charge in [-0.05, 0) is 18.6 Å². The van der Waals surface area contributed by atoms with Gasteiger partial charge in [0.2, 0.25) is 10.0 Å². The molecule has 1 unspecified atom stereocenters. The van der Waals surface area contributed by atoms with Gasteiger partial charge in [-0.2, -0.15) is 0 Å². The second kappa shape index (κ2) is 5.63. The van der Waals surface area contributed by atoms with Crippen molar-refractivity contribution < 1.29 is 8.42 Å². The van der Waals surface area contributed by atoms with E-state index < -0.39 is 16.1 Å². The highest BCUT2D eigenvalue weighted by atomic mass is 35.5. The molecular formula is C10H15ClN2O2S. The molecule has 1 aromatic carbocycles. The Morgan fingerprint density at radius 3 is 2.62 bits per heavy atom. The fourth-order valence-electron chi connectivity index (χ4n) is 1.20.